The summed E-state index contributed by atoms with van der Waals surface area (Å²) in [5, 5.41) is 9.03. The largest absolute Gasteiger partial charge is 0.488 e. The molecule has 32 heavy (non-hydrogen) atoms. The highest BCUT2D eigenvalue weighted by Gasteiger charge is 2.12. The molecule has 0 saturated carbocycles. The van der Waals surface area contributed by atoms with Crippen LogP contribution in [-0.4, -0.2) is 20.5 Å². The van der Waals surface area contributed by atoms with E-state index in [1.54, 1.807) is 28.7 Å². The van der Waals surface area contributed by atoms with Crippen LogP contribution in [0.3, 0.4) is 0 Å². The van der Waals surface area contributed by atoms with Crippen molar-refractivity contribution >= 4 is 55.3 Å². The third-order valence-electron chi connectivity index (χ3n) is 5.00. The predicted molar refractivity (Wildman–Crippen MR) is 128 cm³/mol. The van der Waals surface area contributed by atoms with Crippen LogP contribution in [0.25, 0.3) is 22.1 Å². The van der Waals surface area contributed by atoms with Gasteiger partial charge in [0.15, 0.2) is 4.96 Å². The smallest absolute Gasteiger partial charge is 0.335 e. The van der Waals surface area contributed by atoms with E-state index in [-0.39, 0.29) is 17.7 Å². The van der Waals surface area contributed by atoms with E-state index in [0.717, 1.165) is 26.6 Å². The van der Waals surface area contributed by atoms with Crippen molar-refractivity contribution in [3.63, 3.8) is 0 Å². The molecule has 3 aromatic carbocycles. The third-order valence-corrected chi connectivity index (χ3v) is 6.46. The van der Waals surface area contributed by atoms with Gasteiger partial charge in [0, 0.05) is 10.0 Å². The summed E-state index contributed by atoms with van der Waals surface area (Å²) < 4.78 is 9.05. The highest BCUT2D eigenvalue weighted by Crippen LogP contribution is 2.25. The fourth-order valence-electron chi connectivity index (χ4n) is 3.42. The zero-order valence-corrected chi connectivity index (χ0v) is 18.9. The summed E-state index contributed by atoms with van der Waals surface area (Å²) in [5.74, 6) is -0.350. The molecule has 0 fully saturated rings. The van der Waals surface area contributed by atoms with Crippen LogP contribution in [0.5, 0.6) is 5.75 Å². The van der Waals surface area contributed by atoms with Gasteiger partial charge < -0.3 is 9.84 Å². The van der Waals surface area contributed by atoms with Gasteiger partial charge in [-0.25, -0.2) is 14.2 Å². The molecular formula is C24H15BrN2O4S. The summed E-state index contributed by atoms with van der Waals surface area (Å²) in [6.07, 6.45) is 1.81. The Kier molecular flexibility index (Phi) is 5.24. The molecule has 0 atom stereocenters. The van der Waals surface area contributed by atoms with E-state index in [4.69, 9.17) is 9.84 Å². The lowest BCUT2D eigenvalue weighted by Crippen LogP contribution is -2.22. The number of carbonyl (C=O) groups is 1. The van der Waals surface area contributed by atoms with Gasteiger partial charge in [0.1, 0.15) is 12.4 Å². The maximum Gasteiger partial charge on any atom is 0.335 e. The molecule has 5 aromatic rings. The Hall–Kier alpha value is -3.49. The number of imidazole rings is 1. The Morgan fingerprint density at radius 2 is 1.91 bits per heavy atom. The number of hydrogen-bond acceptors (Lipinski definition) is 5. The van der Waals surface area contributed by atoms with E-state index in [9.17, 15) is 9.59 Å². The molecule has 0 aliphatic heterocycles. The first-order valence-corrected chi connectivity index (χ1v) is 11.3. The quantitative estimate of drug-likeness (QED) is 0.379. The maximum absolute atomic E-state index is 13.1. The van der Waals surface area contributed by atoms with Crippen molar-refractivity contribution in [1.82, 2.24) is 9.38 Å². The minimum atomic E-state index is -0.967. The van der Waals surface area contributed by atoms with Gasteiger partial charge >= 0.3 is 5.97 Å². The van der Waals surface area contributed by atoms with Crippen molar-refractivity contribution in [1.29, 1.82) is 0 Å². The molecule has 0 amide bonds. The number of halogens is 1. The number of aromatic carboxylic acids is 1. The molecule has 0 spiro atoms. The molecule has 2 aromatic heterocycles. The van der Waals surface area contributed by atoms with Crippen LogP contribution in [0.15, 0.2) is 76.0 Å². The molecule has 1 N–H and O–H groups in total. The summed E-state index contributed by atoms with van der Waals surface area (Å²) in [6.45, 7) is 0.269. The zero-order chi connectivity index (χ0) is 22.2. The van der Waals surface area contributed by atoms with E-state index >= 15 is 0 Å². The first-order valence-electron chi connectivity index (χ1n) is 9.66. The van der Waals surface area contributed by atoms with Gasteiger partial charge in [-0.1, -0.05) is 51.5 Å². The lowest BCUT2D eigenvalue weighted by atomic mass is 10.1. The monoisotopic (exact) mass is 506 g/mol. The molecular weight excluding hydrogens is 492 g/mol. The maximum atomic E-state index is 13.1. The molecule has 0 aliphatic rings. The molecule has 8 heteroatoms. The number of carboxylic acids is 1. The molecule has 0 bridgehead atoms. The van der Waals surface area contributed by atoms with E-state index in [0.29, 0.717) is 15.2 Å². The lowest BCUT2D eigenvalue weighted by Gasteiger charge is -2.10. The number of fused-ring (bicyclic) bond motifs is 3. The normalized spacial score (nSPS) is 12.0. The van der Waals surface area contributed by atoms with Gasteiger partial charge in [-0.15, -0.1) is 0 Å². The van der Waals surface area contributed by atoms with Gasteiger partial charge in [-0.3, -0.25) is 4.79 Å². The van der Waals surface area contributed by atoms with Crippen LogP contribution < -0.4 is 14.8 Å². The van der Waals surface area contributed by atoms with Crippen LogP contribution in [0.2, 0.25) is 0 Å². The van der Waals surface area contributed by atoms with Crippen LogP contribution >= 0.6 is 27.3 Å². The predicted octanol–water partition coefficient (Wildman–Crippen LogP) is 4.50. The Bertz CT molecular complexity index is 1590. The van der Waals surface area contributed by atoms with E-state index < -0.39 is 5.97 Å². The van der Waals surface area contributed by atoms with E-state index in [1.165, 1.54) is 11.3 Å². The highest BCUT2D eigenvalue weighted by atomic mass is 79.9. The number of nitrogens with zero attached hydrogens (tertiary/aromatic N) is 2. The Labute approximate surface area is 194 Å². The number of rotatable bonds is 5. The number of hydrogen-bond donors (Lipinski definition) is 1. The number of carboxylic acid groups (broad SMARTS) is 1. The number of benzene rings is 3. The van der Waals surface area contributed by atoms with Crippen LogP contribution in [-0.2, 0) is 6.61 Å². The van der Waals surface area contributed by atoms with Gasteiger partial charge in [-0.05, 0) is 54.1 Å². The summed E-state index contributed by atoms with van der Waals surface area (Å²) >= 11 is 4.82. The van der Waals surface area contributed by atoms with Crippen molar-refractivity contribution in [2.75, 3.05) is 0 Å². The fourth-order valence-corrected chi connectivity index (χ4v) is 4.78. The lowest BCUT2D eigenvalue weighted by molar-refractivity contribution is 0.0697. The number of thiazole rings is 1. The second-order valence-corrected chi connectivity index (χ2v) is 9.03. The first kappa shape index (κ1) is 20.4. The van der Waals surface area contributed by atoms with Gasteiger partial charge in [0.05, 0.1) is 21.1 Å². The SMILES string of the molecule is O=C(O)c1ccc(COc2ccc(Br)cc2C=c2sc3nc4ccccc4n3c2=O)cc1. The highest BCUT2D eigenvalue weighted by molar-refractivity contribution is 9.10. The number of para-hydroxylation sites is 2. The third kappa shape index (κ3) is 3.79. The van der Waals surface area contributed by atoms with E-state index in [2.05, 4.69) is 20.9 Å². The standard InChI is InChI=1S/C24H15BrN2O4S/c25-17-9-10-20(31-13-14-5-7-15(8-6-14)23(29)30)16(11-17)12-21-22(28)27-19-4-2-1-3-18(19)26-24(27)32-21/h1-12H,13H2,(H,29,30). The summed E-state index contributed by atoms with van der Waals surface area (Å²) in [7, 11) is 0. The molecule has 6 nitrogen and oxygen atoms in total. The minimum Gasteiger partial charge on any atom is -0.488 e. The number of aromatic nitrogens is 2. The molecule has 2 heterocycles. The van der Waals surface area contributed by atoms with Gasteiger partial charge in [0.2, 0.25) is 0 Å². The zero-order valence-electron chi connectivity index (χ0n) is 16.5. The summed E-state index contributed by atoms with van der Waals surface area (Å²) in [6, 6.07) is 19.7. The molecule has 0 saturated heterocycles. The molecule has 0 radical (unpaired) electrons. The van der Waals surface area contributed by atoms with Crippen LogP contribution in [0, 0.1) is 0 Å². The topological polar surface area (TPSA) is 80.9 Å². The second kappa shape index (κ2) is 8.22. The summed E-state index contributed by atoms with van der Waals surface area (Å²) in [5.41, 5.74) is 3.29. The molecule has 0 unspecified atom stereocenters. The van der Waals surface area contributed by atoms with E-state index in [1.807, 2.05) is 48.5 Å². The van der Waals surface area contributed by atoms with Crippen molar-refractivity contribution in [2.45, 2.75) is 6.61 Å². The van der Waals surface area contributed by atoms with Gasteiger partial charge in [0.25, 0.3) is 5.56 Å². The average Bonchev–Trinajstić information content (AvgIpc) is 3.29. The Balaban J connectivity index is 1.51. The average molecular weight is 507 g/mol. The van der Waals surface area contributed by atoms with Crippen molar-refractivity contribution < 1.29 is 14.6 Å². The van der Waals surface area contributed by atoms with Crippen molar-refractivity contribution in [3.05, 3.63) is 103 Å². The number of ether oxygens (including phenoxy) is 1. The van der Waals surface area contributed by atoms with Crippen molar-refractivity contribution in [3.8, 4) is 5.75 Å². The molecule has 5 rings (SSSR count). The molecule has 158 valence electrons. The second-order valence-electron chi connectivity index (χ2n) is 7.11. The van der Waals surface area contributed by atoms with Crippen molar-refractivity contribution in [2.24, 2.45) is 0 Å². The Morgan fingerprint density at radius 1 is 1.12 bits per heavy atom. The van der Waals surface area contributed by atoms with Crippen LogP contribution in [0.1, 0.15) is 21.5 Å². The first-order chi connectivity index (χ1) is 15.5. The van der Waals surface area contributed by atoms with Crippen LogP contribution in [0.4, 0.5) is 0 Å². The minimum absolute atomic E-state index is 0.117. The fraction of sp³-hybridized carbons (Fsp3) is 0.0417. The Morgan fingerprint density at radius 3 is 2.69 bits per heavy atom. The van der Waals surface area contributed by atoms with Gasteiger partial charge in [-0.2, -0.15) is 0 Å². The molecule has 0 aliphatic carbocycles. The summed E-state index contributed by atoms with van der Waals surface area (Å²) in [4.78, 5) is 29.3.